The molecule has 0 atom stereocenters. The van der Waals surface area contributed by atoms with E-state index in [4.69, 9.17) is 14.9 Å². The summed E-state index contributed by atoms with van der Waals surface area (Å²) in [5.41, 5.74) is 5.09. The molecule has 1 aromatic rings. The van der Waals surface area contributed by atoms with Crippen LogP contribution in [0.3, 0.4) is 0 Å². The van der Waals surface area contributed by atoms with Gasteiger partial charge in [-0.2, -0.15) is 0 Å². The molecule has 0 unspecified atom stereocenters. The Labute approximate surface area is 150 Å². The van der Waals surface area contributed by atoms with Crippen molar-refractivity contribution in [3.63, 3.8) is 0 Å². The minimum atomic E-state index is -0.897. The molecule has 0 radical (unpaired) electrons. The number of nitrogens with two attached hydrogens (primary N) is 1. The average molecular weight is 365 g/mol. The van der Waals surface area contributed by atoms with Crippen LogP contribution in [0, 0.1) is 12.8 Å². The van der Waals surface area contributed by atoms with E-state index in [0.717, 1.165) is 0 Å². The lowest BCUT2D eigenvalue weighted by molar-refractivity contribution is -0.132. The van der Waals surface area contributed by atoms with Gasteiger partial charge in [-0.05, 0) is 26.7 Å². The molecule has 0 bridgehead atoms. The van der Waals surface area contributed by atoms with Gasteiger partial charge in [0.1, 0.15) is 16.9 Å². The van der Waals surface area contributed by atoms with Crippen LogP contribution < -0.4 is 11.1 Å². The van der Waals surface area contributed by atoms with Gasteiger partial charge in [-0.1, -0.05) is 0 Å². The summed E-state index contributed by atoms with van der Waals surface area (Å²) < 4.78 is 10.3. The quantitative estimate of drug-likeness (QED) is 0.750. The summed E-state index contributed by atoms with van der Waals surface area (Å²) >= 11 is 0. The SMILES string of the molecule is CCOC(=O)c1c(C)oc(NC(=O)C2CCN(C(C)=O)CC2)c1C(N)=O. The number of amides is 3. The summed E-state index contributed by atoms with van der Waals surface area (Å²) in [5.74, 6) is -2.36. The largest absolute Gasteiger partial charge is 0.462 e. The van der Waals surface area contributed by atoms with E-state index >= 15 is 0 Å². The number of likely N-dealkylation sites (tertiary alicyclic amines) is 1. The zero-order chi connectivity index (χ0) is 19.4. The van der Waals surface area contributed by atoms with Gasteiger partial charge in [-0.15, -0.1) is 0 Å². The van der Waals surface area contributed by atoms with Crippen molar-refractivity contribution in [3.8, 4) is 0 Å². The first-order chi connectivity index (χ1) is 12.3. The van der Waals surface area contributed by atoms with Crippen molar-refractivity contribution >= 4 is 29.6 Å². The van der Waals surface area contributed by atoms with E-state index in [1.165, 1.54) is 13.8 Å². The Balaban J connectivity index is 2.18. The second kappa shape index (κ2) is 8.03. The van der Waals surface area contributed by atoms with Crippen molar-refractivity contribution in [1.82, 2.24) is 4.90 Å². The van der Waals surface area contributed by atoms with Crippen LogP contribution in [0.15, 0.2) is 4.42 Å². The number of anilines is 1. The number of hydrogen-bond donors (Lipinski definition) is 2. The van der Waals surface area contributed by atoms with Crippen LogP contribution in [-0.2, 0) is 14.3 Å². The molecule has 0 aromatic carbocycles. The molecule has 2 rings (SSSR count). The van der Waals surface area contributed by atoms with Crippen LogP contribution in [0.1, 0.15) is 53.2 Å². The molecule has 1 aromatic heterocycles. The highest BCUT2D eigenvalue weighted by molar-refractivity contribution is 6.10. The van der Waals surface area contributed by atoms with Crippen LogP contribution in [0.2, 0.25) is 0 Å². The Morgan fingerprint density at radius 2 is 1.85 bits per heavy atom. The van der Waals surface area contributed by atoms with Crippen molar-refractivity contribution < 1.29 is 28.3 Å². The number of nitrogens with one attached hydrogen (secondary N) is 1. The third-order valence-electron chi connectivity index (χ3n) is 4.36. The highest BCUT2D eigenvalue weighted by Gasteiger charge is 2.31. The van der Waals surface area contributed by atoms with Crippen molar-refractivity contribution in [1.29, 1.82) is 0 Å². The summed E-state index contributed by atoms with van der Waals surface area (Å²) in [5, 5.41) is 2.55. The van der Waals surface area contributed by atoms with Gasteiger partial charge in [0.15, 0.2) is 0 Å². The molecule has 0 saturated carbocycles. The number of primary amides is 1. The van der Waals surface area contributed by atoms with Gasteiger partial charge in [0, 0.05) is 25.9 Å². The zero-order valence-corrected chi connectivity index (χ0v) is 15.1. The second-order valence-corrected chi connectivity index (χ2v) is 6.09. The van der Waals surface area contributed by atoms with Gasteiger partial charge < -0.3 is 19.8 Å². The number of carbonyl (C=O) groups is 4. The average Bonchev–Trinajstić information content (AvgIpc) is 2.91. The summed E-state index contributed by atoms with van der Waals surface area (Å²) in [6.07, 6.45) is 1.00. The van der Waals surface area contributed by atoms with E-state index in [9.17, 15) is 19.2 Å². The first-order valence-corrected chi connectivity index (χ1v) is 8.42. The fourth-order valence-corrected chi connectivity index (χ4v) is 2.99. The Hall–Kier alpha value is -2.84. The van der Waals surface area contributed by atoms with Crippen LogP contribution in [0.5, 0.6) is 0 Å². The topological polar surface area (TPSA) is 132 Å². The molecule has 142 valence electrons. The molecule has 9 heteroatoms. The fraction of sp³-hybridized carbons (Fsp3) is 0.529. The number of piperidine rings is 1. The third kappa shape index (κ3) is 4.04. The Morgan fingerprint density at radius 1 is 1.23 bits per heavy atom. The number of hydrogen-bond acceptors (Lipinski definition) is 6. The molecule has 3 N–H and O–H groups in total. The maximum Gasteiger partial charge on any atom is 0.342 e. The van der Waals surface area contributed by atoms with Gasteiger partial charge >= 0.3 is 5.97 Å². The molecular formula is C17H23N3O6. The fourth-order valence-electron chi connectivity index (χ4n) is 2.99. The lowest BCUT2D eigenvalue weighted by Crippen LogP contribution is -2.40. The molecule has 9 nitrogen and oxygen atoms in total. The molecule has 1 aliphatic heterocycles. The second-order valence-electron chi connectivity index (χ2n) is 6.09. The predicted octanol–water partition coefficient (Wildman–Crippen LogP) is 1.06. The molecule has 1 saturated heterocycles. The van der Waals surface area contributed by atoms with Crippen molar-refractivity contribution in [3.05, 3.63) is 16.9 Å². The number of rotatable bonds is 5. The minimum absolute atomic E-state index is 0.0272. The van der Waals surface area contributed by atoms with Crippen molar-refractivity contribution in [2.24, 2.45) is 11.7 Å². The van der Waals surface area contributed by atoms with Crippen molar-refractivity contribution in [2.75, 3.05) is 25.0 Å². The van der Waals surface area contributed by atoms with E-state index in [2.05, 4.69) is 5.32 Å². The van der Waals surface area contributed by atoms with Gasteiger partial charge in [0.05, 0.1) is 6.61 Å². The Morgan fingerprint density at radius 3 is 2.35 bits per heavy atom. The molecule has 26 heavy (non-hydrogen) atoms. The molecule has 0 aliphatic carbocycles. The monoisotopic (exact) mass is 365 g/mol. The summed E-state index contributed by atoms with van der Waals surface area (Å²) in [4.78, 5) is 49.4. The van der Waals surface area contributed by atoms with Gasteiger partial charge in [-0.3, -0.25) is 19.7 Å². The van der Waals surface area contributed by atoms with Crippen LogP contribution in [-0.4, -0.2) is 48.3 Å². The van der Waals surface area contributed by atoms with E-state index < -0.39 is 11.9 Å². The van der Waals surface area contributed by atoms with Crippen LogP contribution in [0.25, 0.3) is 0 Å². The number of aryl methyl sites for hydroxylation is 1. The molecule has 3 amide bonds. The Kier molecular flexibility index (Phi) is 6.01. The number of esters is 1. The van der Waals surface area contributed by atoms with E-state index in [1.54, 1.807) is 11.8 Å². The molecule has 1 aliphatic rings. The maximum atomic E-state index is 12.5. The number of carbonyl (C=O) groups excluding carboxylic acids is 4. The lowest BCUT2D eigenvalue weighted by atomic mass is 9.96. The standard InChI is InChI=1S/C17H23N3O6/c1-4-25-17(24)12-9(2)26-16(13(12)14(18)22)19-15(23)11-5-7-20(8-6-11)10(3)21/h11H,4-8H2,1-3H3,(H2,18,22)(H,19,23). The normalized spacial score (nSPS) is 14.8. The molecule has 1 fully saturated rings. The lowest BCUT2D eigenvalue weighted by Gasteiger charge is -2.30. The third-order valence-corrected chi connectivity index (χ3v) is 4.36. The van der Waals surface area contributed by atoms with E-state index in [1.807, 2.05) is 0 Å². The molecule has 0 spiro atoms. The highest BCUT2D eigenvalue weighted by atomic mass is 16.5. The molecule has 2 heterocycles. The smallest absolute Gasteiger partial charge is 0.342 e. The maximum absolute atomic E-state index is 12.5. The van der Waals surface area contributed by atoms with E-state index in [0.29, 0.717) is 25.9 Å². The van der Waals surface area contributed by atoms with Gasteiger partial charge in [-0.25, -0.2) is 4.79 Å². The summed E-state index contributed by atoms with van der Waals surface area (Å²) in [6, 6.07) is 0. The van der Waals surface area contributed by atoms with Gasteiger partial charge in [0.2, 0.25) is 17.7 Å². The van der Waals surface area contributed by atoms with Gasteiger partial charge in [0.25, 0.3) is 5.91 Å². The first-order valence-electron chi connectivity index (χ1n) is 8.42. The zero-order valence-electron chi connectivity index (χ0n) is 15.1. The van der Waals surface area contributed by atoms with E-state index in [-0.39, 0.29) is 47.1 Å². The number of nitrogens with zero attached hydrogens (tertiary/aromatic N) is 1. The Bertz CT molecular complexity index is 731. The number of furan rings is 1. The van der Waals surface area contributed by atoms with Crippen molar-refractivity contribution in [2.45, 2.75) is 33.6 Å². The number of ether oxygens (including phenoxy) is 1. The minimum Gasteiger partial charge on any atom is -0.462 e. The summed E-state index contributed by atoms with van der Waals surface area (Å²) in [7, 11) is 0. The highest BCUT2D eigenvalue weighted by Crippen LogP contribution is 2.29. The summed E-state index contributed by atoms with van der Waals surface area (Å²) in [6.45, 7) is 5.70. The van der Waals surface area contributed by atoms with Crippen LogP contribution in [0.4, 0.5) is 5.88 Å². The molecular weight excluding hydrogens is 342 g/mol. The predicted molar refractivity (Wildman–Crippen MR) is 91.5 cm³/mol. The van der Waals surface area contributed by atoms with Crippen LogP contribution >= 0.6 is 0 Å². The first kappa shape index (κ1) is 19.5.